The zero-order valence-corrected chi connectivity index (χ0v) is 32.0. The molecule has 2 atom stereocenters. The molecule has 0 saturated carbocycles. The smallest absolute Gasteiger partial charge is 0.144 e. The molecule has 0 spiro atoms. The van der Waals surface area contributed by atoms with Crippen LogP contribution in [0.1, 0.15) is 62.9 Å². The van der Waals surface area contributed by atoms with Gasteiger partial charge in [-0.25, -0.2) is 0 Å². The zero-order chi connectivity index (χ0) is 41.2. The first kappa shape index (κ1) is 31.3. The van der Waals surface area contributed by atoms with Crippen molar-refractivity contribution in [3.63, 3.8) is 0 Å². The minimum atomic E-state index is -2.48. The molecule has 6 aromatic carbocycles. The van der Waals surface area contributed by atoms with Crippen LogP contribution >= 0.6 is 0 Å². The molecule has 2 unspecified atom stereocenters. The Balaban J connectivity index is 1.39. The Morgan fingerprint density at radius 3 is 1.67 bits per heavy atom. The van der Waals surface area contributed by atoms with Crippen LogP contribution < -0.4 is 0 Å². The zero-order valence-electron chi connectivity index (χ0n) is 35.0. The van der Waals surface area contributed by atoms with E-state index in [4.69, 9.17) is 23.5 Å². The van der Waals surface area contributed by atoms with Crippen LogP contribution in [0.3, 0.4) is 0 Å². The first-order chi connectivity index (χ1) is 29.1. The second-order valence-corrected chi connectivity index (χ2v) is 15.3. The Labute approximate surface area is 336 Å². The van der Waals surface area contributed by atoms with Gasteiger partial charge >= 0.3 is 0 Å². The van der Waals surface area contributed by atoms with Crippen molar-refractivity contribution in [1.82, 2.24) is 15.0 Å². The van der Waals surface area contributed by atoms with Gasteiger partial charge in [0.05, 0.1) is 33.6 Å². The predicted molar refractivity (Wildman–Crippen MR) is 234 cm³/mol. The summed E-state index contributed by atoms with van der Waals surface area (Å²) in [5, 5.41) is 6.29. The van der Waals surface area contributed by atoms with Crippen molar-refractivity contribution in [2.24, 2.45) is 0 Å². The monoisotopic (exact) mass is 738 g/mol. The second-order valence-electron chi connectivity index (χ2n) is 15.3. The minimum Gasteiger partial charge on any atom is -0.455 e. The van der Waals surface area contributed by atoms with Gasteiger partial charge in [0.1, 0.15) is 11.2 Å². The SMILES string of the molecule is [2H]C([2H])([2H])c1c(C)cc(-c2cc(C(C)(c3ccccc3)c3ccccn3)cc3c2oc2c4ccccc4c4ccccc4c32)nc1C(C)(c1ccccc1)c1ccccn1. The molecule has 0 fully saturated rings. The lowest BCUT2D eigenvalue weighted by molar-refractivity contribution is 0.635. The molecule has 0 bridgehead atoms. The van der Waals surface area contributed by atoms with Gasteiger partial charge in [-0.15, -0.1) is 0 Å². The number of hydrogen-bond acceptors (Lipinski definition) is 4. The third-order valence-corrected chi connectivity index (χ3v) is 12.0. The fourth-order valence-electron chi connectivity index (χ4n) is 8.89. The maximum Gasteiger partial charge on any atom is 0.144 e. The Morgan fingerprint density at radius 2 is 1.05 bits per heavy atom. The number of aryl methyl sites for hydroxylation is 1. The van der Waals surface area contributed by atoms with Gasteiger partial charge in [-0.2, -0.15) is 0 Å². The van der Waals surface area contributed by atoms with E-state index < -0.39 is 17.7 Å². The summed E-state index contributed by atoms with van der Waals surface area (Å²) in [7, 11) is 0. The summed E-state index contributed by atoms with van der Waals surface area (Å²) in [6.45, 7) is 3.66. The molecule has 4 heterocycles. The van der Waals surface area contributed by atoms with Gasteiger partial charge in [-0.05, 0) is 114 Å². The number of fused-ring (bicyclic) bond motifs is 8. The number of benzene rings is 6. The van der Waals surface area contributed by atoms with Gasteiger partial charge in [0.15, 0.2) is 0 Å². The van der Waals surface area contributed by atoms with Gasteiger partial charge in [0, 0.05) is 38.2 Å². The van der Waals surface area contributed by atoms with Crippen LogP contribution in [0.15, 0.2) is 181 Å². The predicted octanol–water partition coefficient (Wildman–Crippen LogP) is 13.1. The van der Waals surface area contributed by atoms with Crippen molar-refractivity contribution in [3.8, 4) is 11.3 Å². The lowest BCUT2D eigenvalue weighted by atomic mass is 9.72. The molecule has 0 aliphatic carbocycles. The molecule has 10 rings (SSSR count). The van der Waals surface area contributed by atoms with Crippen molar-refractivity contribution in [2.75, 3.05) is 0 Å². The van der Waals surface area contributed by atoms with E-state index in [2.05, 4.69) is 97.9 Å². The summed E-state index contributed by atoms with van der Waals surface area (Å²) in [5.74, 6) is 0. The molecular formula is C53H41N3O. The number of pyridine rings is 3. The molecule has 0 saturated heterocycles. The molecule has 0 N–H and O–H groups in total. The molecule has 4 nitrogen and oxygen atoms in total. The van der Waals surface area contributed by atoms with Crippen LogP contribution in [0.4, 0.5) is 0 Å². The van der Waals surface area contributed by atoms with E-state index in [1.54, 1.807) is 6.20 Å². The highest BCUT2D eigenvalue weighted by Crippen LogP contribution is 2.48. The van der Waals surface area contributed by atoms with Gasteiger partial charge in [-0.3, -0.25) is 15.0 Å². The number of furan rings is 1. The average Bonchev–Trinajstić information content (AvgIpc) is 3.69. The Bertz CT molecular complexity index is 3140. The van der Waals surface area contributed by atoms with Crippen LogP contribution in [0, 0.1) is 13.8 Å². The molecule has 274 valence electrons. The third kappa shape index (κ3) is 5.32. The van der Waals surface area contributed by atoms with Crippen LogP contribution in [-0.2, 0) is 10.8 Å². The molecule has 0 radical (unpaired) electrons. The van der Waals surface area contributed by atoms with Crippen LogP contribution in [0.5, 0.6) is 0 Å². The molecule has 4 aromatic heterocycles. The summed E-state index contributed by atoms with van der Waals surface area (Å²) in [6, 6.07) is 55.5. The Morgan fingerprint density at radius 1 is 0.509 bits per heavy atom. The quantitative estimate of drug-likeness (QED) is 0.153. The first-order valence-corrected chi connectivity index (χ1v) is 19.4. The highest BCUT2D eigenvalue weighted by Gasteiger charge is 2.38. The maximum atomic E-state index is 8.95. The summed E-state index contributed by atoms with van der Waals surface area (Å²) >= 11 is 0. The van der Waals surface area contributed by atoms with Gasteiger partial charge < -0.3 is 4.42 Å². The summed E-state index contributed by atoms with van der Waals surface area (Å²) < 4.78 is 34.0. The van der Waals surface area contributed by atoms with Gasteiger partial charge in [-0.1, -0.05) is 121 Å². The molecule has 0 aliphatic rings. The molecule has 0 amide bonds. The summed E-state index contributed by atoms with van der Waals surface area (Å²) in [5.41, 5.74) is 6.81. The average molecular weight is 739 g/mol. The van der Waals surface area contributed by atoms with E-state index in [0.717, 1.165) is 65.8 Å². The number of nitrogens with zero attached hydrogens (tertiary/aromatic N) is 3. The Kier molecular flexibility index (Phi) is 7.35. The first-order valence-electron chi connectivity index (χ1n) is 20.9. The molecule has 57 heavy (non-hydrogen) atoms. The number of aromatic nitrogens is 3. The van der Waals surface area contributed by atoms with Crippen molar-refractivity contribution in [1.29, 1.82) is 0 Å². The van der Waals surface area contributed by atoms with Crippen molar-refractivity contribution >= 4 is 43.5 Å². The lowest BCUT2D eigenvalue weighted by Gasteiger charge is -2.32. The van der Waals surface area contributed by atoms with E-state index in [1.807, 2.05) is 92.8 Å². The van der Waals surface area contributed by atoms with Crippen LogP contribution in [-0.4, -0.2) is 15.0 Å². The topological polar surface area (TPSA) is 51.8 Å². The normalized spacial score (nSPS) is 14.9. The fourth-order valence-corrected chi connectivity index (χ4v) is 8.89. The van der Waals surface area contributed by atoms with E-state index in [-0.39, 0.29) is 5.56 Å². The van der Waals surface area contributed by atoms with Crippen LogP contribution in [0.25, 0.3) is 54.7 Å². The highest BCUT2D eigenvalue weighted by atomic mass is 16.3. The largest absolute Gasteiger partial charge is 0.455 e. The molecule has 10 aromatic rings. The molecular weight excluding hydrogens is 695 g/mol. The van der Waals surface area contributed by atoms with Gasteiger partial charge in [0.2, 0.25) is 0 Å². The van der Waals surface area contributed by atoms with E-state index in [1.165, 1.54) is 0 Å². The third-order valence-electron chi connectivity index (χ3n) is 12.0. The number of rotatable bonds is 7. The van der Waals surface area contributed by atoms with E-state index >= 15 is 0 Å². The van der Waals surface area contributed by atoms with E-state index in [9.17, 15) is 0 Å². The standard InChI is InChI=1S/C53H41N3O/c1-34-31-45(56-51(35(34)2)53(4,37-21-9-6-10-22-37)47-28-16-18-30-55-47)43-32-38(52(3,36-19-7-5-8-20-36)46-27-15-17-29-54-46)33-44-48-41-25-13-11-23-39(41)40-24-12-14-26-42(40)50(48)57-49(43)44/h5-33H,1-4H3/i2D3. The molecule has 4 heteroatoms. The van der Waals surface area contributed by atoms with Crippen molar-refractivity contribution < 1.29 is 8.53 Å². The van der Waals surface area contributed by atoms with Crippen molar-refractivity contribution in [2.45, 2.75) is 38.5 Å². The summed E-state index contributed by atoms with van der Waals surface area (Å²) in [6.07, 6.45) is 3.59. The van der Waals surface area contributed by atoms with Crippen LogP contribution in [0.2, 0.25) is 0 Å². The second kappa shape index (κ2) is 13.4. The lowest BCUT2D eigenvalue weighted by Crippen LogP contribution is -2.29. The number of hydrogen-bond donors (Lipinski definition) is 0. The van der Waals surface area contributed by atoms with E-state index in [0.29, 0.717) is 28.2 Å². The minimum absolute atomic E-state index is 0.208. The fraction of sp³-hybridized carbons (Fsp3) is 0.113. The summed E-state index contributed by atoms with van der Waals surface area (Å²) in [4.78, 5) is 15.4. The highest BCUT2D eigenvalue weighted by molar-refractivity contribution is 6.31. The van der Waals surface area contributed by atoms with Crippen molar-refractivity contribution in [3.05, 3.63) is 221 Å². The van der Waals surface area contributed by atoms with Gasteiger partial charge in [0.25, 0.3) is 0 Å². The molecule has 0 aliphatic heterocycles. The Hall–Kier alpha value is -6.91. The maximum absolute atomic E-state index is 8.95.